The van der Waals surface area contributed by atoms with E-state index in [9.17, 15) is 27.6 Å². The third-order valence-electron chi connectivity index (χ3n) is 8.15. The summed E-state index contributed by atoms with van der Waals surface area (Å²) in [6.45, 7) is 6.84. The molecule has 3 N–H and O–H groups in total. The van der Waals surface area contributed by atoms with Gasteiger partial charge in [0, 0.05) is 38.4 Å². The third kappa shape index (κ3) is 25.1. The molecule has 0 fully saturated rings. The first-order valence-electron chi connectivity index (χ1n) is 19.7. The van der Waals surface area contributed by atoms with Crippen molar-refractivity contribution in [1.29, 1.82) is 0 Å². The number of sulfonamides is 1. The van der Waals surface area contributed by atoms with Gasteiger partial charge in [0.1, 0.15) is 18.8 Å². The van der Waals surface area contributed by atoms with Crippen LogP contribution in [0.4, 0.5) is 5.95 Å². The average molecular weight is 823 g/mol. The summed E-state index contributed by atoms with van der Waals surface area (Å²) in [7, 11) is -3.93. The molecule has 0 radical (unpaired) electrons. The molecule has 1 heterocycles. The fourth-order valence-corrected chi connectivity index (χ4v) is 6.27. The number of amides is 1. The third-order valence-corrected chi connectivity index (χ3v) is 9.49. The minimum absolute atomic E-state index is 0.0500. The summed E-state index contributed by atoms with van der Waals surface area (Å²) in [5.74, 6) is -1.85. The molecule has 1 amide bonds. The van der Waals surface area contributed by atoms with Gasteiger partial charge in [0.2, 0.25) is 5.95 Å². The number of anilines is 1. The summed E-state index contributed by atoms with van der Waals surface area (Å²) in [6.07, 6.45) is 14.5. The summed E-state index contributed by atoms with van der Waals surface area (Å²) in [5, 5.41) is 11.1. The maximum Gasteiger partial charge on any atom is 0.329 e. The van der Waals surface area contributed by atoms with Crippen molar-refractivity contribution in [2.24, 2.45) is 0 Å². The zero-order valence-electron chi connectivity index (χ0n) is 33.8. The number of hydrogen-bond donors (Lipinski definition) is 3. The molecule has 16 nitrogen and oxygen atoms in total. The van der Waals surface area contributed by atoms with E-state index in [4.69, 9.17) is 28.8 Å². The number of aromatic nitrogens is 2. The molecule has 0 aliphatic heterocycles. The highest BCUT2D eigenvalue weighted by molar-refractivity contribution is 7.92. The van der Waals surface area contributed by atoms with Crippen molar-refractivity contribution in [2.45, 2.75) is 115 Å². The monoisotopic (exact) mass is 822 g/mol. The van der Waals surface area contributed by atoms with Gasteiger partial charge in [-0.1, -0.05) is 57.1 Å². The van der Waals surface area contributed by atoms with Gasteiger partial charge in [0.15, 0.2) is 5.78 Å². The van der Waals surface area contributed by atoms with Gasteiger partial charge in [0.25, 0.3) is 15.9 Å². The first kappa shape index (κ1) is 49.1. The highest BCUT2D eigenvalue weighted by Crippen LogP contribution is 2.17. The van der Waals surface area contributed by atoms with E-state index in [0.29, 0.717) is 25.9 Å². The maximum absolute atomic E-state index is 12.9. The molecule has 1 aromatic carbocycles. The van der Waals surface area contributed by atoms with Crippen molar-refractivity contribution >= 4 is 39.6 Å². The quantitative estimate of drug-likeness (QED) is 0.0616. The molecule has 0 atom stereocenters. The molecule has 0 aliphatic rings. The number of esters is 1. The number of unbranched alkanes of at least 4 members (excludes halogenated alkanes) is 8. The van der Waals surface area contributed by atoms with Gasteiger partial charge in [-0.05, 0) is 64.2 Å². The van der Waals surface area contributed by atoms with Gasteiger partial charge >= 0.3 is 11.9 Å². The van der Waals surface area contributed by atoms with Gasteiger partial charge in [-0.2, -0.15) is 0 Å². The van der Waals surface area contributed by atoms with Crippen LogP contribution in [0, 0.1) is 0 Å². The Kier molecular flexibility index (Phi) is 24.5. The van der Waals surface area contributed by atoms with Crippen molar-refractivity contribution in [3.63, 3.8) is 0 Å². The van der Waals surface area contributed by atoms with E-state index < -0.39 is 27.5 Å². The molecule has 0 bridgehead atoms. The number of carbonyl (C=O) groups is 4. The predicted molar refractivity (Wildman–Crippen MR) is 212 cm³/mol. The van der Waals surface area contributed by atoms with Crippen LogP contribution in [0.3, 0.4) is 0 Å². The second-order valence-electron chi connectivity index (χ2n) is 14.4. The van der Waals surface area contributed by atoms with E-state index in [1.54, 1.807) is 12.1 Å². The lowest BCUT2D eigenvalue weighted by molar-refractivity contribution is -0.155. The normalized spacial score (nSPS) is 11.6. The van der Waals surface area contributed by atoms with Crippen LogP contribution in [-0.4, -0.2) is 112 Å². The number of nitrogens with one attached hydrogen (secondary N) is 2. The highest BCUT2D eigenvalue weighted by Gasteiger charge is 2.17. The summed E-state index contributed by atoms with van der Waals surface area (Å²) in [4.78, 5) is 54.5. The Morgan fingerprint density at radius 1 is 0.684 bits per heavy atom. The van der Waals surface area contributed by atoms with Crippen LogP contribution in [0.5, 0.6) is 0 Å². The Morgan fingerprint density at radius 3 is 1.86 bits per heavy atom. The van der Waals surface area contributed by atoms with Gasteiger partial charge in [0.05, 0.1) is 43.5 Å². The molecule has 0 saturated carbocycles. The van der Waals surface area contributed by atoms with Gasteiger partial charge in [-0.3, -0.25) is 14.4 Å². The number of rotatable bonds is 33. The molecule has 17 heteroatoms. The van der Waals surface area contributed by atoms with Crippen LogP contribution in [0.1, 0.15) is 114 Å². The van der Waals surface area contributed by atoms with E-state index in [0.717, 1.165) is 50.5 Å². The lowest BCUT2D eigenvalue weighted by Crippen LogP contribution is -2.28. The van der Waals surface area contributed by atoms with Crippen LogP contribution >= 0.6 is 0 Å². The summed E-state index contributed by atoms with van der Waals surface area (Å²) in [6, 6.07) is 6.74. The summed E-state index contributed by atoms with van der Waals surface area (Å²) < 4.78 is 54.3. The number of benzene rings is 1. The van der Waals surface area contributed by atoms with E-state index >= 15 is 0 Å². The van der Waals surface area contributed by atoms with E-state index in [2.05, 4.69) is 20.0 Å². The van der Waals surface area contributed by atoms with Crippen LogP contribution in [0.15, 0.2) is 41.6 Å². The Morgan fingerprint density at radius 2 is 1.25 bits per heavy atom. The van der Waals surface area contributed by atoms with Crippen LogP contribution in [0.25, 0.3) is 0 Å². The second-order valence-corrected chi connectivity index (χ2v) is 16.1. The lowest BCUT2D eigenvalue weighted by atomic mass is 10.0. The van der Waals surface area contributed by atoms with Crippen molar-refractivity contribution < 1.29 is 56.4 Å². The predicted octanol–water partition coefficient (Wildman–Crippen LogP) is 5.29. The summed E-state index contributed by atoms with van der Waals surface area (Å²) in [5.41, 5.74) is 0.786. The molecule has 0 unspecified atom stereocenters. The minimum atomic E-state index is -3.93. The molecule has 0 saturated heterocycles. The van der Waals surface area contributed by atoms with Gasteiger partial charge in [-0.15, -0.1) is 0 Å². The molecule has 1 aromatic heterocycles. The van der Waals surface area contributed by atoms with Crippen LogP contribution in [-0.2, 0) is 54.5 Å². The standard InChI is InChI=1S/C40H62N4O12S/c1-40(2,3)56-37(48)16-12-10-8-6-4-5-7-9-11-14-32-17-19-35(20-18-32)57(50,51)44-39-42-28-33(29-43-39)38(49)41-21-23-53-25-26-54-30-34(45)15-13-22-52-24-27-55-31-36(46)47/h17-20,28-29H,4-16,21-27,30-31H2,1-3H3,(H,41,49)(H,46,47)(H,42,43,44). The first-order valence-corrected chi connectivity index (χ1v) is 21.2. The number of carboxylic acid groups (broad SMARTS) is 1. The fourth-order valence-electron chi connectivity index (χ4n) is 5.31. The summed E-state index contributed by atoms with van der Waals surface area (Å²) >= 11 is 0. The Bertz CT molecular complexity index is 1570. The maximum atomic E-state index is 12.9. The van der Waals surface area contributed by atoms with Crippen molar-refractivity contribution in [1.82, 2.24) is 15.3 Å². The number of aliphatic carboxylic acids is 1. The topological polar surface area (TPSA) is 219 Å². The van der Waals surface area contributed by atoms with E-state index in [-0.39, 0.29) is 81.0 Å². The zero-order chi connectivity index (χ0) is 41.8. The average Bonchev–Trinajstić information content (AvgIpc) is 3.15. The zero-order valence-corrected chi connectivity index (χ0v) is 34.6. The Balaban J connectivity index is 1.51. The number of carbonyl (C=O) groups excluding carboxylic acids is 3. The van der Waals surface area contributed by atoms with E-state index in [1.807, 2.05) is 32.9 Å². The number of aryl methyl sites for hydroxylation is 1. The first-order chi connectivity index (χ1) is 27.2. The SMILES string of the molecule is CC(C)(C)OC(=O)CCCCCCCCCCCc1ccc(S(=O)(=O)Nc2ncc(C(=O)NCCOCCOCC(=O)CCCOCCOCC(=O)O)cn2)cc1. The minimum Gasteiger partial charge on any atom is -0.480 e. The lowest BCUT2D eigenvalue weighted by Gasteiger charge is -2.19. The molecular formula is C40H62N4O12S. The number of nitrogens with zero attached hydrogens (tertiary/aromatic N) is 2. The molecule has 0 aliphatic carbocycles. The van der Waals surface area contributed by atoms with Gasteiger partial charge in [-0.25, -0.2) is 27.9 Å². The number of ketones is 1. The Labute approximate surface area is 337 Å². The number of Topliss-reactive ketones (excluding diaryl/α,β-unsaturated/α-hetero) is 1. The van der Waals surface area contributed by atoms with Crippen LogP contribution < -0.4 is 10.0 Å². The largest absolute Gasteiger partial charge is 0.480 e. The highest BCUT2D eigenvalue weighted by atomic mass is 32.2. The van der Waals surface area contributed by atoms with Crippen molar-refractivity contribution in [3.05, 3.63) is 47.8 Å². The number of ether oxygens (including phenoxy) is 5. The smallest absolute Gasteiger partial charge is 0.329 e. The van der Waals surface area contributed by atoms with Gasteiger partial charge < -0.3 is 34.1 Å². The second kappa shape index (κ2) is 28.4. The molecule has 0 spiro atoms. The number of hydrogen-bond acceptors (Lipinski definition) is 13. The van der Waals surface area contributed by atoms with E-state index in [1.165, 1.54) is 31.7 Å². The molecule has 2 rings (SSSR count). The Hall–Kier alpha value is -4.03. The van der Waals surface area contributed by atoms with Crippen molar-refractivity contribution in [3.8, 4) is 0 Å². The molecular weight excluding hydrogens is 761 g/mol. The molecule has 2 aromatic rings. The molecule has 57 heavy (non-hydrogen) atoms. The van der Waals surface area contributed by atoms with Crippen LogP contribution in [0.2, 0.25) is 0 Å². The fraction of sp³-hybridized carbons (Fsp3) is 0.650. The number of carboxylic acids is 1. The van der Waals surface area contributed by atoms with Crippen molar-refractivity contribution in [2.75, 3.05) is 64.1 Å². The molecule has 320 valence electrons.